The number of methoxy groups -OCH3 is 1. The molecule has 0 spiro atoms. The van der Waals surface area contributed by atoms with Gasteiger partial charge in [-0.3, -0.25) is 9.59 Å². The van der Waals surface area contributed by atoms with E-state index in [1.54, 1.807) is 31.4 Å². The van der Waals surface area contributed by atoms with Gasteiger partial charge in [0.05, 0.1) is 24.8 Å². The number of aliphatic hydroxyl groups is 1. The average molecular weight is 453 g/mol. The Kier molecular flexibility index (Phi) is 7.76. The summed E-state index contributed by atoms with van der Waals surface area (Å²) in [6, 6.07) is 13.8. The number of likely N-dealkylation sites (tertiary alicyclic amines) is 1. The first-order valence-electron chi connectivity index (χ1n) is 11.0. The number of ether oxygens (including phenoxy) is 2. The standard InChI is InChI=1S/C26H32N2O5/c1-17(2)16-33-21-8-6-7-19(15-21)24(29)22-23(18-9-11-20(12-10-18)27(3)4)28(13-14-32-5)26(31)25(22)30/h6-12,15,17,23,29H,13-14,16H2,1-5H3/b24-22-. The van der Waals surface area contributed by atoms with E-state index in [0.717, 1.165) is 11.3 Å². The summed E-state index contributed by atoms with van der Waals surface area (Å²) in [6.07, 6.45) is 0. The van der Waals surface area contributed by atoms with E-state index in [9.17, 15) is 14.7 Å². The number of amides is 1. The van der Waals surface area contributed by atoms with Crippen molar-refractivity contribution in [2.75, 3.05) is 45.9 Å². The second-order valence-corrected chi connectivity index (χ2v) is 8.70. The van der Waals surface area contributed by atoms with Crippen LogP contribution >= 0.6 is 0 Å². The molecule has 0 bridgehead atoms. The lowest BCUT2D eigenvalue weighted by Gasteiger charge is -2.25. The Labute approximate surface area is 195 Å². The van der Waals surface area contributed by atoms with E-state index in [4.69, 9.17) is 9.47 Å². The molecule has 0 aromatic heterocycles. The number of benzene rings is 2. The van der Waals surface area contributed by atoms with Crippen LogP contribution in [0.15, 0.2) is 54.1 Å². The fourth-order valence-corrected chi connectivity index (χ4v) is 3.75. The third-order valence-electron chi connectivity index (χ3n) is 5.49. The number of hydrogen-bond donors (Lipinski definition) is 1. The van der Waals surface area contributed by atoms with Crippen molar-refractivity contribution in [2.45, 2.75) is 19.9 Å². The molecule has 1 N–H and O–H groups in total. The zero-order valence-corrected chi connectivity index (χ0v) is 19.9. The minimum Gasteiger partial charge on any atom is -0.507 e. The van der Waals surface area contributed by atoms with Crippen molar-refractivity contribution in [1.82, 2.24) is 4.90 Å². The number of nitrogens with zero attached hydrogens (tertiary/aromatic N) is 2. The molecule has 1 aliphatic rings. The molecular formula is C26H32N2O5. The largest absolute Gasteiger partial charge is 0.507 e. The van der Waals surface area contributed by atoms with Gasteiger partial charge >= 0.3 is 0 Å². The topological polar surface area (TPSA) is 79.3 Å². The van der Waals surface area contributed by atoms with Gasteiger partial charge < -0.3 is 24.4 Å². The van der Waals surface area contributed by atoms with Crippen LogP contribution in [0.2, 0.25) is 0 Å². The number of carbonyl (C=O) groups excluding carboxylic acids is 2. The number of Topliss-reactive ketones (excluding diaryl/α,β-unsaturated/α-hetero) is 1. The zero-order chi connectivity index (χ0) is 24.1. The molecule has 1 aliphatic heterocycles. The number of anilines is 1. The molecule has 2 aromatic rings. The third-order valence-corrected chi connectivity index (χ3v) is 5.49. The predicted molar refractivity (Wildman–Crippen MR) is 128 cm³/mol. The van der Waals surface area contributed by atoms with Crippen molar-refractivity contribution >= 4 is 23.1 Å². The molecule has 0 saturated carbocycles. The molecule has 1 fully saturated rings. The Balaban J connectivity index is 2.08. The summed E-state index contributed by atoms with van der Waals surface area (Å²) in [4.78, 5) is 29.4. The molecule has 1 heterocycles. The van der Waals surface area contributed by atoms with Crippen molar-refractivity contribution in [3.05, 3.63) is 65.2 Å². The number of hydrogen-bond acceptors (Lipinski definition) is 6. The maximum Gasteiger partial charge on any atom is 0.295 e. The Morgan fingerprint density at radius 3 is 2.42 bits per heavy atom. The van der Waals surface area contributed by atoms with Crippen molar-refractivity contribution in [1.29, 1.82) is 0 Å². The first kappa shape index (κ1) is 24.3. The Morgan fingerprint density at radius 2 is 1.82 bits per heavy atom. The second-order valence-electron chi connectivity index (χ2n) is 8.70. The van der Waals surface area contributed by atoms with Crippen LogP contribution in [0.5, 0.6) is 5.75 Å². The van der Waals surface area contributed by atoms with Crippen LogP contribution in [-0.4, -0.2) is 62.7 Å². The molecule has 7 heteroatoms. The highest BCUT2D eigenvalue weighted by Crippen LogP contribution is 2.40. The van der Waals surface area contributed by atoms with E-state index in [2.05, 4.69) is 0 Å². The second kappa shape index (κ2) is 10.5. The molecule has 33 heavy (non-hydrogen) atoms. The molecule has 1 atom stereocenters. The number of rotatable bonds is 9. The van der Waals surface area contributed by atoms with Gasteiger partial charge in [0.2, 0.25) is 0 Å². The fraction of sp³-hybridized carbons (Fsp3) is 0.385. The Hall–Kier alpha value is -3.32. The van der Waals surface area contributed by atoms with Gasteiger partial charge in [-0.25, -0.2) is 0 Å². The highest BCUT2D eigenvalue weighted by molar-refractivity contribution is 6.46. The average Bonchev–Trinajstić information content (AvgIpc) is 3.06. The highest BCUT2D eigenvalue weighted by Gasteiger charge is 2.45. The number of carbonyl (C=O) groups is 2. The minimum atomic E-state index is -0.711. The fourth-order valence-electron chi connectivity index (χ4n) is 3.75. The highest BCUT2D eigenvalue weighted by atomic mass is 16.5. The molecule has 0 aliphatic carbocycles. The lowest BCUT2D eigenvalue weighted by molar-refractivity contribution is -0.140. The van der Waals surface area contributed by atoms with Crippen molar-refractivity contribution in [2.24, 2.45) is 5.92 Å². The number of ketones is 1. The first-order chi connectivity index (χ1) is 15.7. The molecule has 1 unspecified atom stereocenters. The van der Waals surface area contributed by atoms with Gasteiger partial charge in [-0.15, -0.1) is 0 Å². The van der Waals surface area contributed by atoms with Gasteiger partial charge in [0, 0.05) is 39.0 Å². The maximum atomic E-state index is 13.1. The summed E-state index contributed by atoms with van der Waals surface area (Å²) in [6.45, 7) is 5.14. The molecule has 1 amide bonds. The van der Waals surface area contributed by atoms with E-state index in [-0.39, 0.29) is 24.5 Å². The molecule has 7 nitrogen and oxygen atoms in total. The van der Waals surface area contributed by atoms with Crippen LogP contribution in [0.4, 0.5) is 5.69 Å². The van der Waals surface area contributed by atoms with E-state index in [1.807, 2.05) is 57.1 Å². The van der Waals surface area contributed by atoms with Gasteiger partial charge in [-0.1, -0.05) is 38.1 Å². The van der Waals surface area contributed by atoms with Gasteiger partial charge in [0.25, 0.3) is 11.7 Å². The molecule has 0 radical (unpaired) electrons. The molecule has 3 rings (SSSR count). The smallest absolute Gasteiger partial charge is 0.295 e. The van der Waals surface area contributed by atoms with Crippen LogP contribution in [0.25, 0.3) is 5.76 Å². The first-order valence-corrected chi connectivity index (χ1v) is 11.0. The summed E-state index contributed by atoms with van der Waals surface area (Å²) in [7, 11) is 5.42. The van der Waals surface area contributed by atoms with E-state index >= 15 is 0 Å². The van der Waals surface area contributed by atoms with Crippen molar-refractivity contribution in [3.63, 3.8) is 0 Å². The summed E-state index contributed by atoms with van der Waals surface area (Å²) < 4.78 is 10.9. The molecular weight excluding hydrogens is 420 g/mol. The molecule has 1 saturated heterocycles. The van der Waals surface area contributed by atoms with Crippen LogP contribution in [-0.2, 0) is 14.3 Å². The summed E-state index contributed by atoms with van der Waals surface area (Å²) in [5.41, 5.74) is 2.22. The lowest BCUT2D eigenvalue weighted by Crippen LogP contribution is -2.32. The van der Waals surface area contributed by atoms with Crippen LogP contribution in [0.3, 0.4) is 0 Å². The van der Waals surface area contributed by atoms with E-state index < -0.39 is 17.7 Å². The zero-order valence-electron chi connectivity index (χ0n) is 19.9. The van der Waals surface area contributed by atoms with Gasteiger partial charge in [-0.05, 0) is 35.7 Å². The molecule has 176 valence electrons. The van der Waals surface area contributed by atoms with E-state index in [0.29, 0.717) is 23.8 Å². The quantitative estimate of drug-likeness (QED) is 0.354. The van der Waals surface area contributed by atoms with E-state index in [1.165, 1.54) is 4.90 Å². The van der Waals surface area contributed by atoms with Crippen LogP contribution in [0, 0.1) is 5.92 Å². The lowest BCUT2D eigenvalue weighted by atomic mass is 9.95. The van der Waals surface area contributed by atoms with Crippen LogP contribution in [0.1, 0.15) is 31.0 Å². The summed E-state index contributed by atoms with van der Waals surface area (Å²) >= 11 is 0. The van der Waals surface area contributed by atoms with Gasteiger partial charge in [0.15, 0.2) is 0 Å². The van der Waals surface area contributed by atoms with Gasteiger partial charge in [0.1, 0.15) is 11.5 Å². The van der Waals surface area contributed by atoms with Crippen LogP contribution < -0.4 is 9.64 Å². The van der Waals surface area contributed by atoms with Crippen molar-refractivity contribution in [3.8, 4) is 5.75 Å². The minimum absolute atomic E-state index is 0.0646. The third kappa shape index (κ3) is 5.37. The predicted octanol–water partition coefficient (Wildman–Crippen LogP) is 3.86. The van der Waals surface area contributed by atoms with Gasteiger partial charge in [-0.2, -0.15) is 0 Å². The SMILES string of the molecule is COCCN1C(=O)C(=O)/C(=C(\O)c2cccc(OCC(C)C)c2)C1c1ccc(N(C)C)cc1. The monoisotopic (exact) mass is 452 g/mol. The van der Waals surface area contributed by atoms with Crippen molar-refractivity contribution < 1.29 is 24.2 Å². The Morgan fingerprint density at radius 1 is 1.12 bits per heavy atom. The Bertz CT molecular complexity index is 1030. The number of aliphatic hydroxyl groups excluding tert-OH is 1. The maximum absolute atomic E-state index is 13.1. The summed E-state index contributed by atoms with van der Waals surface area (Å²) in [5, 5.41) is 11.2. The molecule has 2 aromatic carbocycles. The summed E-state index contributed by atoms with van der Waals surface area (Å²) in [5.74, 6) is -0.641. The normalized spacial score (nSPS) is 17.6.